The third kappa shape index (κ3) is 2.96. The summed E-state index contributed by atoms with van der Waals surface area (Å²) in [5.74, 6) is 0.00183. The number of amides is 1. The minimum atomic E-state index is 0.00183. The average molecular weight is 311 g/mol. The maximum absolute atomic E-state index is 12.7. The van der Waals surface area contributed by atoms with Crippen molar-refractivity contribution in [1.29, 1.82) is 0 Å². The molecule has 3 unspecified atom stereocenters. The molecule has 23 heavy (non-hydrogen) atoms. The predicted molar refractivity (Wildman–Crippen MR) is 88.5 cm³/mol. The fraction of sp³-hybridized carbons (Fsp3) is 0.421. The number of ether oxygens (including phenoxy) is 2. The van der Waals surface area contributed by atoms with Crippen molar-refractivity contribution < 1.29 is 14.3 Å². The van der Waals surface area contributed by atoms with Gasteiger partial charge in [-0.1, -0.05) is 36.4 Å². The SMILES string of the molecule is O=C(NC1CCC2OCCOC2C1)c1cccc2ccccc12. The molecule has 2 aromatic carbocycles. The molecular weight excluding hydrogens is 290 g/mol. The summed E-state index contributed by atoms with van der Waals surface area (Å²) < 4.78 is 11.5. The fourth-order valence-electron chi connectivity index (χ4n) is 3.68. The molecule has 0 spiro atoms. The zero-order valence-corrected chi connectivity index (χ0v) is 13.0. The van der Waals surface area contributed by atoms with Gasteiger partial charge in [0, 0.05) is 11.6 Å². The van der Waals surface area contributed by atoms with E-state index in [4.69, 9.17) is 9.47 Å². The van der Waals surface area contributed by atoms with Crippen LogP contribution in [0.4, 0.5) is 0 Å². The fourth-order valence-corrected chi connectivity index (χ4v) is 3.68. The van der Waals surface area contributed by atoms with Crippen molar-refractivity contribution in [2.24, 2.45) is 0 Å². The lowest BCUT2D eigenvalue weighted by atomic mass is 9.89. The molecule has 4 heteroatoms. The van der Waals surface area contributed by atoms with Crippen LogP contribution in [-0.2, 0) is 9.47 Å². The van der Waals surface area contributed by atoms with Crippen LogP contribution in [0.5, 0.6) is 0 Å². The summed E-state index contributed by atoms with van der Waals surface area (Å²) in [5, 5.41) is 5.28. The Balaban J connectivity index is 1.49. The van der Waals surface area contributed by atoms with Gasteiger partial charge in [-0.25, -0.2) is 0 Å². The Bertz CT molecular complexity index is 709. The van der Waals surface area contributed by atoms with Crippen LogP contribution in [0, 0.1) is 0 Å². The van der Waals surface area contributed by atoms with Crippen molar-refractivity contribution in [3.63, 3.8) is 0 Å². The number of rotatable bonds is 2. The molecule has 1 saturated heterocycles. The van der Waals surface area contributed by atoms with Crippen molar-refractivity contribution in [3.8, 4) is 0 Å². The van der Waals surface area contributed by atoms with E-state index in [2.05, 4.69) is 5.32 Å². The van der Waals surface area contributed by atoms with E-state index in [0.29, 0.717) is 13.2 Å². The van der Waals surface area contributed by atoms with E-state index in [9.17, 15) is 4.79 Å². The number of nitrogens with one attached hydrogen (secondary N) is 1. The van der Waals surface area contributed by atoms with E-state index in [1.54, 1.807) is 0 Å². The Morgan fingerprint density at radius 2 is 1.74 bits per heavy atom. The standard InChI is InChI=1S/C19H21NO3/c21-19(16-7-3-5-13-4-1-2-6-15(13)16)20-14-8-9-17-18(12-14)23-11-10-22-17/h1-7,14,17-18H,8-12H2,(H,20,21). The van der Waals surface area contributed by atoms with Crippen LogP contribution >= 0.6 is 0 Å². The van der Waals surface area contributed by atoms with Crippen molar-refractivity contribution in [1.82, 2.24) is 5.32 Å². The molecule has 2 aliphatic rings. The van der Waals surface area contributed by atoms with Gasteiger partial charge in [-0.3, -0.25) is 4.79 Å². The highest BCUT2D eigenvalue weighted by atomic mass is 16.6. The first-order chi connectivity index (χ1) is 11.3. The highest BCUT2D eigenvalue weighted by Gasteiger charge is 2.34. The molecule has 1 amide bonds. The lowest BCUT2D eigenvalue weighted by molar-refractivity contribution is -0.157. The van der Waals surface area contributed by atoms with Crippen LogP contribution in [0.1, 0.15) is 29.6 Å². The average Bonchev–Trinajstić information content (AvgIpc) is 2.61. The van der Waals surface area contributed by atoms with Crippen LogP contribution in [0.25, 0.3) is 10.8 Å². The van der Waals surface area contributed by atoms with Gasteiger partial charge < -0.3 is 14.8 Å². The molecule has 0 aromatic heterocycles. The van der Waals surface area contributed by atoms with Gasteiger partial charge in [-0.2, -0.15) is 0 Å². The minimum Gasteiger partial charge on any atom is -0.373 e. The summed E-state index contributed by atoms with van der Waals surface area (Å²) >= 11 is 0. The smallest absolute Gasteiger partial charge is 0.252 e. The van der Waals surface area contributed by atoms with E-state index < -0.39 is 0 Å². The summed E-state index contributed by atoms with van der Waals surface area (Å²) in [7, 11) is 0. The zero-order chi connectivity index (χ0) is 15.6. The Labute approximate surface area is 135 Å². The summed E-state index contributed by atoms with van der Waals surface area (Å²) in [5.41, 5.74) is 0.742. The van der Waals surface area contributed by atoms with Crippen LogP contribution in [0.3, 0.4) is 0 Å². The molecule has 2 fully saturated rings. The molecule has 1 aliphatic heterocycles. The third-order valence-corrected chi connectivity index (χ3v) is 4.85. The van der Waals surface area contributed by atoms with Gasteiger partial charge in [-0.15, -0.1) is 0 Å². The molecule has 4 rings (SSSR count). The Morgan fingerprint density at radius 3 is 2.65 bits per heavy atom. The monoisotopic (exact) mass is 311 g/mol. The Kier molecular flexibility index (Phi) is 4.02. The van der Waals surface area contributed by atoms with Gasteiger partial charge in [0.1, 0.15) is 0 Å². The molecule has 2 aromatic rings. The van der Waals surface area contributed by atoms with E-state index in [0.717, 1.165) is 35.6 Å². The molecule has 1 heterocycles. The first kappa shape index (κ1) is 14.7. The second-order valence-electron chi connectivity index (χ2n) is 6.33. The number of fused-ring (bicyclic) bond motifs is 2. The lowest BCUT2D eigenvalue weighted by Gasteiger charge is -2.39. The molecule has 0 bridgehead atoms. The Hall–Kier alpha value is -1.91. The number of carbonyl (C=O) groups excluding carboxylic acids is 1. The molecule has 1 N–H and O–H groups in total. The van der Waals surface area contributed by atoms with Gasteiger partial charge in [0.05, 0.1) is 25.4 Å². The van der Waals surface area contributed by atoms with E-state index in [1.807, 2.05) is 42.5 Å². The first-order valence-corrected chi connectivity index (χ1v) is 8.33. The number of hydrogen-bond acceptors (Lipinski definition) is 3. The molecule has 0 radical (unpaired) electrons. The van der Waals surface area contributed by atoms with Crippen molar-refractivity contribution in [2.45, 2.75) is 37.5 Å². The van der Waals surface area contributed by atoms with Crippen LogP contribution in [0.2, 0.25) is 0 Å². The normalized spacial score (nSPS) is 27.4. The molecule has 1 aliphatic carbocycles. The Morgan fingerprint density at radius 1 is 0.957 bits per heavy atom. The molecule has 4 nitrogen and oxygen atoms in total. The van der Waals surface area contributed by atoms with Gasteiger partial charge >= 0.3 is 0 Å². The maximum atomic E-state index is 12.7. The predicted octanol–water partition coefficient (Wildman–Crippen LogP) is 2.91. The second kappa shape index (κ2) is 6.30. The van der Waals surface area contributed by atoms with Crippen molar-refractivity contribution in [2.75, 3.05) is 13.2 Å². The van der Waals surface area contributed by atoms with E-state index in [-0.39, 0.29) is 24.2 Å². The number of carbonyl (C=O) groups is 1. The summed E-state index contributed by atoms with van der Waals surface area (Å²) in [6.07, 6.45) is 3.05. The van der Waals surface area contributed by atoms with E-state index in [1.165, 1.54) is 0 Å². The highest BCUT2D eigenvalue weighted by molar-refractivity contribution is 6.07. The number of hydrogen-bond donors (Lipinski definition) is 1. The summed E-state index contributed by atoms with van der Waals surface area (Å²) in [6.45, 7) is 1.35. The summed E-state index contributed by atoms with van der Waals surface area (Å²) in [6, 6.07) is 14.0. The number of benzene rings is 2. The highest BCUT2D eigenvalue weighted by Crippen LogP contribution is 2.27. The maximum Gasteiger partial charge on any atom is 0.252 e. The second-order valence-corrected chi connectivity index (χ2v) is 6.33. The van der Waals surface area contributed by atoms with Gasteiger partial charge in [0.15, 0.2) is 0 Å². The lowest BCUT2D eigenvalue weighted by Crippen LogP contribution is -2.49. The quantitative estimate of drug-likeness (QED) is 0.927. The van der Waals surface area contributed by atoms with Crippen molar-refractivity contribution >= 4 is 16.7 Å². The van der Waals surface area contributed by atoms with E-state index >= 15 is 0 Å². The first-order valence-electron chi connectivity index (χ1n) is 8.33. The molecule has 120 valence electrons. The zero-order valence-electron chi connectivity index (χ0n) is 13.0. The van der Waals surface area contributed by atoms with Crippen LogP contribution in [-0.4, -0.2) is 37.4 Å². The van der Waals surface area contributed by atoms with Crippen molar-refractivity contribution in [3.05, 3.63) is 48.0 Å². The van der Waals surface area contributed by atoms with Gasteiger partial charge in [-0.05, 0) is 36.1 Å². The summed E-state index contributed by atoms with van der Waals surface area (Å²) in [4.78, 5) is 12.7. The third-order valence-electron chi connectivity index (χ3n) is 4.85. The van der Waals surface area contributed by atoms with Gasteiger partial charge in [0.25, 0.3) is 5.91 Å². The topological polar surface area (TPSA) is 47.6 Å². The molecule has 1 saturated carbocycles. The largest absolute Gasteiger partial charge is 0.373 e. The molecular formula is C19H21NO3. The van der Waals surface area contributed by atoms with Crippen LogP contribution < -0.4 is 5.32 Å². The minimum absolute atomic E-state index is 0.00183. The molecule has 3 atom stereocenters. The van der Waals surface area contributed by atoms with Crippen LogP contribution in [0.15, 0.2) is 42.5 Å². The van der Waals surface area contributed by atoms with Gasteiger partial charge in [0.2, 0.25) is 0 Å².